The first kappa shape index (κ1) is 13.6. The molecule has 108 valence electrons. The van der Waals surface area contributed by atoms with Crippen LogP contribution in [0.1, 0.15) is 31.9 Å². The van der Waals surface area contributed by atoms with Gasteiger partial charge in [0.2, 0.25) is 0 Å². The van der Waals surface area contributed by atoms with Gasteiger partial charge in [-0.05, 0) is 41.7 Å². The molecule has 0 aliphatic heterocycles. The van der Waals surface area contributed by atoms with Crippen LogP contribution in [0.3, 0.4) is 0 Å². The lowest BCUT2D eigenvalue weighted by Crippen LogP contribution is -2.16. The molecule has 0 aliphatic rings. The van der Waals surface area contributed by atoms with E-state index in [9.17, 15) is 0 Å². The van der Waals surface area contributed by atoms with Crippen LogP contribution in [0.4, 0.5) is 5.69 Å². The molecule has 2 N–H and O–H groups in total. The van der Waals surface area contributed by atoms with Gasteiger partial charge < -0.3 is 5.73 Å². The van der Waals surface area contributed by atoms with Crippen molar-refractivity contribution in [3.05, 3.63) is 47.5 Å². The lowest BCUT2D eigenvalue weighted by Gasteiger charge is -2.23. The zero-order chi connectivity index (χ0) is 15.2. The molecule has 21 heavy (non-hydrogen) atoms. The number of hydrogen-bond acceptors (Lipinski definition) is 3. The monoisotopic (exact) mass is 280 g/mol. The molecule has 0 spiro atoms. The second-order valence-electron chi connectivity index (χ2n) is 6.47. The van der Waals surface area contributed by atoms with E-state index in [1.807, 2.05) is 30.3 Å². The van der Waals surface area contributed by atoms with Crippen molar-refractivity contribution in [2.75, 3.05) is 5.73 Å². The topological polar surface area (TPSA) is 56.7 Å². The van der Waals surface area contributed by atoms with Gasteiger partial charge >= 0.3 is 0 Å². The fourth-order valence-electron chi connectivity index (χ4n) is 2.53. The average molecular weight is 280 g/mol. The van der Waals surface area contributed by atoms with Gasteiger partial charge in [0.05, 0.1) is 5.69 Å². The zero-order valence-electron chi connectivity index (χ0n) is 12.9. The second kappa shape index (κ2) is 4.58. The third kappa shape index (κ3) is 2.37. The first-order valence-electron chi connectivity index (χ1n) is 7.09. The third-order valence-corrected chi connectivity index (χ3v) is 3.61. The van der Waals surface area contributed by atoms with E-state index < -0.39 is 0 Å². The van der Waals surface area contributed by atoms with Crippen LogP contribution in [0, 0.1) is 6.92 Å². The lowest BCUT2D eigenvalue weighted by atomic mass is 9.84. The minimum absolute atomic E-state index is 0.0164. The van der Waals surface area contributed by atoms with E-state index in [1.165, 1.54) is 0 Å². The van der Waals surface area contributed by atoms with Crippen molar-refractivity contribution < 1.29 is 0 Å². The highest BCUT2D eigenvalue weighted by Gasteiger charge is 2.21. The minimum Gasteiger partial charge on any atom is -0.397 e. The Labute approximate surface area is 124 Å². The highest BCUT2D eigenvalue weighted by atomic mass is 15.5. The second-order valence-corrected chi connectivity index (χ2v) is 6.47. The Hall–Kier alpha value is -2.36. The Morgan fingerprint density at radius 3 is 2.10 bits per heavy atom. The van der Waals surface area contributed by atoms with Gasteiger partial charge in [-0.1, -0.05) is 39.0 Å². The van der Waals surface area contributed by atoms with Crippen LogP contribution < -0.4 is 5.73 Å². The Morgan fingerprint density at radius 1 is 1.00 bits per heavy atom. The molecule has 2 aromatic carbocycles. The Bertz CT molecular complexity index is 776. The molecule has 0 aliphatic carbocycles. The van der Waals surface area contributed by atoms with Gasteiger partial charge in [0.25, 0.3) is 0 Å². The summed E-state index contributed by atoms with van der Waals surface area (Å²) in [6.45, 7) is 8.56. The predicted molar refractivity (Wildman–Crippen MR) is 86.7 cm³/mol. The fourth-order valence-corrected chi connectivity index (χ4v) is 2.53. The van der Waals surface area contributed by atoms with Crippen molar-refractivity contribution in [3.8, 4) is 5.69 Å². The predicted octanol–water partition coefficient (Wildman–Crippen LogP) is 3.61. The number of aryl methyl sites for hydroxylation is 1. The van der Waals surface area contributed by atoms with Gasteiger partial charge in [-0.2, -0.15) is 0 Å². The van der Waals surface area contributed by atoms with Crippen molar-refractivity contribution in [1.29, 1.82) is 0 Å². The summed E-state index contributed by atoms with van der Waals surface area (Å²) in [5.74, 6) is 0. The highest BCUT2D eigenvalue weighted by Crippen LogP contribution is 2.33. The Morgan fingerprint density at radius 2 is 1.57 bits per heavy atom. The van der Waals surface area contributed by atoms with Crippen LogP contribution in [-0.2, 0) is 5.41 Å². The maximum atomic E-state index is 6.39. The van der Waals surface area contributed by atoms with Crippen molar-refractivity contribution in [2.24, 2.45) is 0 Å². The van der Waals surface area contributed by atoms with Gasteiger partial charge in [0.1, 0.15) is 16.7 Å². The highest BCUT2D eigenvalue weighted by molar-refractivity contribution is 5.74. The van der Waals surface area contributed by atoms with Crippen LogP contribution in [-0.4, -0.2) is 15.0 Å². The molecule has 4 nitrogen and oxygen atoms in total. The molecule has 0 bridgehead atoms. The maximum absolute atomic E-state index is 6.39. The smallest absolute Gasteiger partial charge is 0.113 e. The van der Waals surface area contributed by atoms with Gasteiger partial charge in [-0.25, -0.2) is 0 Å². The van der Waals surface area contributed by atoms with Gasteiger partial charge in [-0.15, -0.1) is 15.0 Å². The summed E-state index contributed by atoms with van der Waals surface area (Å²) in [4.78, 5) is 1.64. The van der Waals surface area contributed by atoms with E-state index in [-0.39, 0.29) is 5.41 Å². The van der Waals surface area contributed by atoms with Gasteiger partial charge in [-0.3, -0.25) is 0 Å². The standard InChI is InChI=1S/C17H20N4/c1-11-9-12(17(2,3)4)16(18)15(10-11)21-19-13-7-5-6-8-14(13)20-21/h5-10H,18H2,1-4H3. The van der Waals surface area contributed by atoms with Crippen molar-refractivity contribution in [3.63, 3.8) is 0 Å². The summed E-state index contributed by atoms with van der Waals surface area (Å²) in [7, 11) is 0. The van der Waals surface area contributed by atoms with Crippen LogP contribution >= 0.6 is 0 Å². The van der Waals surface area contributed by atoms with Gasteiger partial charge in [0, 0.05) is 0 Å². The molecule has 0 unspecified atom stereocenters. The number of nitrogen functional groups attached to an aromatic ring is 1. The molecule has 0 radical (unpaired) electrons. The number of nitrogens with zero attached hydrogens (tertiary/aromatic N) is 3. The Kier molecular flexibility index (Phi) is 2.97. The van der Waals surface area contributed by atoms with Crippen molar-refractivity contribution >= 4 is 16.7 Å². The van der Waals surface area contributed by atoms with Crippen LogP contribution in [0.2, 0.25) is 0 Å². The summed E-state index contributed by atoms with van der Waals surface area (Å²) in [5, 5.41) is 9.07. The molecular weight excluding hydrogens is 260 g/mol. The summed E-state index contributed by atoms with van der Waals surface area (Å²) >= 11 is 0. The number of aromatic nitrogens is 3. The van der Waals surface area contributed by atoms with Crippen LogP contribution in [0.15, 0.2) is 36.4 Å². The number of fused-ring (bicyclic) bond motifs is 1. The normalized spacial score (nSPS) is 12.0. The van der Waals surface area contributed by atoms with Crippen LogP contribution in [0.5, 0.6) is 0 Å². The maximum Gasteiger partial charge on any atom is 0.113 e. The summed E-state index contributed by atoms with van der Waals surface area (Å²) in [5.41, 5.74) is 12.0. The molecule has 0 saturated carbocycles. The molecule has 0 amide bonds. The number of benzene rings is 2. The summed E-state index contributed by atoms with van der Waals surface area (Å²) in [6, 6.07) is 12.0. The molecular formula is C17H20N4. The van der Waals surface area contributed by atoms with Gasteiger partial charge in [0.15, 0.2) is 0 Å². The van der Waals surface area contributed by atoms with E-state index in [2.05, 4.69) is 44.0 Å². The molecule has 3 aromatic rings. The molecule has 3 rings (SSSR count). The lowest BCUT2D eigenvalue weighted by molar-refractivity contribution is 0.590. The van der Waals surface area contributed by atoms with E-state index >= 15 is 0 Å². The largest absolute Gasteiger partial charge is 0.397 e. The third-order valence-electron chi connectivity index (χ3n) is 3.61. The minimum atomic E-state index is -0.0164. The average Bonchev–Trinajstić information content (AvgIpc) is 2.83. The van der Waals surface area contributed by atoms with Crippen molar-refractivity contribution in [1.82, 2.24) is 15.0 Å². The van der Waals surface area contributed by atoms with E-state index in [4.69, 9.17) is 5.73 Å². The molecule has 0 atom stereocenters. The Balaban J connectivity index is 2.24. The summed E-state index contributed by atoms with van der Waals surface area (Å²) < 4.78 is 0. The van der Waals surface area contributed by atoms with E-state index in [0.717, 1.165) is 33.5 Å². The van der Waals surface area contributed by atoms with Crippen LogP contribution in [0.25, 0.3) is 16.7 Å². The molecule has 4 heteroatoms. The van der Waals surface area contributed by atoms with E-state index in [0.29, 0.717) is 0 Å². The first-order chi connectivity index (χ1) is 9.86. The zero-order valence-corrected chi connectivity index (χ0v) is 12.9. The molecule has 1 heterocycles. The SMILES string of the molecule is Cc1cc(-n2nc3ccccc3n2)c(N)c(C(C)(C)C)c1. The first-order valence-corrected chi connectivity index (χ1v) is 7.09. The molecule has 0 fully saturated rings. The fraction of sp³-hybridized carbons (Fsp3) is 0.294. The number of hydrogen-bond donors (Lipinski definition) is 1. The quantitative estimate of drug-likeness (QED) is 0.693. The number of rotatable bonds is 1. The number of nitrogens with two attached hydrogens (primary N) is 1. The number of anilines is 1. The summed E-state index contributed by atoms with van der Waals surface area (Å²) in [6.07, 6.45) is 0. The molecule has 0 saturated heterocycles. The van der Waals surface area contributed by atoms with E-state index in [1.54, 1.807) is 4.80 Å². The molecule has 1 aromatic heterocycles. The van der Waals surface area contributed by atoms with Crippen molar-refractivity contribution in [2.45, 2.75) is 33.1 Å².